The van der Waals surface area contributed by atoms with Crippen molar-refractivity contribution in [3.63, 3.8) is 0 Å². The Balaban J connectivity index is 1.98. The van der Waals surface area contributed by atoms with Gasteiger partial charge in [0.05, 0.1) is 0 Å². The molecule has 0 amide bonds. The molecule has 78 valence electrons. The van der Waals surface area contributed by atoms with Crippen LogP contribution in [0.15, 0.2) is 54.6 Å². The molecule has 1 nitrogen and oxygen atoms in total. The third-order valence-corrected chi connectivity index (χ3v) is 2.39. The van der Waals surface area contributed by atoms with Crippen LogP contribution in [-0.4, -0.2) is 0 Å². The Morgan fingerprint density at radius 1 is 0.938 bits per heavy atom. The lowest BCUT2D eigenvalue weighted by molar-refractivity contribution is 1.15. The summed E-state index contributed by atoms with van der Waals surface area (Å²) in [5, 5.41) is 3.34. The standard InChI is InChI=1S/C15H13N/c1-2-13-8-10-15(11-9-13)16-12-14-6-4-3-5-7-14/h1,3-11,16H,12H2. The summed E-state index contributed by atoms with van der Waals surface area (Å²) in [5.41, 5.74) is 3.26. The third kappa shape index (κ3) is 2.65. The van der Waals surface area contributed by atoms with Gasteiger partial charge in [-0.25, -0.2) is 0 Å². The Morgan fingerprint density at radius 2 is 1.62 bits per heavy atom. The first-order chi connectivity index (χ1) is 7.88. The Bertz CT molecular complexity index is 477. The number of benzene rings is 2. The third-order valence-electron chi connectivity index (χ3n) is 2.39. The van der Waals surface area contributed by atoms with Crippen LogP contribution < -0.4 is 5.32 Å². The van der Waals surface area contributed by atoms with Gasteiger partial charge >= 0.3 is 0 Å². The normalized spacial score (nSPS) is 9.44. The van der Waals surface area contributed by atoms with E-state index in [9.17, 15) is 0 Å². The minimum absolute atomic E-state index is 0.830. The molecule has 0 atom stereocenters. The van der Waals surface area contributed by atoms with E-state index in [4.69, 9.17) is 6.42 Å². The average molecular weight is 207 g/mol. The van der Waals surface area contributed by atoms with Gasteiger partial charge in [0.25, 0.3) is 0 Å². The van der Waals surface area contributed by atoms with Crippen LogP contribution in [0.5, 0.6) is 0 Å². The highest BCUT2D eigenvalue weighted by atomic mass is 14.9. The molecule has 1 N–H and O–H groups in total. The second-order valence-electron chi connectivity index (χ2n) is 3.56. The summed E-state index contributed by atoms with van der Waals surface area (Å²) >= 11 is 0. The number of nitrogens with one attached hydrogen (secondary N) is 1. The number of anilines is 1. The zero-order valence-electron chi connectivity index (χ0n) is 8.98. The zero-order valence-corrected chi connectivity index (χ0v) is 8.98. The Labute approximate surface area is 96.1 Å². The Kier molecular flexibility index (Phi) is 3.25. The van der Waals surface area contributed by atoms with Gasteiger partial charge in [0.1, 0.15) is 0 Å². The first-order valence-electron chi connectivity index (χ1n) is 5.23. The topological polar surface area (TPSA) is 12.0 Å². The number of terminal acetylenes is 1. The highest BCUT2D eigenvalue weighted by molar-refractivity contribution is 5.48. The summed E-state index contributed by atoms with van der Waals surface area (Å²) in [6.45, 7) is 0.830. The largest absolute Gasteiger partial charge is 0.381 e. The zero-order chi connectivity index (χ0) is 11.2. The summed E-state index contributed by atoms with van der Waals surface area (Å²) in [5.74, 6) is 2.60. The monoisotopic (exact) mass is 207 g/mol. The first-order valence-corrected chi connectivity index (χ1v) is 5.23. The van der Waals surface area contributed by atoms with Crippen molar-refractivity contribution < 1.29 is 0 Å². The van der Waals surface area contributed by atoms with Crippen molar-refractivity contribution in [3.05, 3.63) is 65.7 Å². The lowest BCUT2D eigenvalue weighted by Crippen LogP contribution is -1.98. The van der Waals surface area contributed by atoms with Gasteiger partial charge in [-0.1, -0.05) is 36.3 Å². The van der Waals surface area contributed by atoms with Gasteiger partial charge in [-0.2, -0.15) is 0 Å². The van der Waals surface area contributed by atoms with Gasteiger partial charge in [-0.05, 0) is 29.8 Å². The van der Waals surface area contributed by atoms with E-state index in [1.54, 1.807) is 0 Å². The predicted molar refractivity (Wildman–Crippen MR) is 68.1 cm³/mol. The molecule has 0 bridgehead atoms. The summed E-state index contributed by atoms with van der Waals surface area (Å²) in [6, 6.07) is 18.2. The molecule has 0 aliphatic carbocycles. The number of hydrogen-bond donors (Lipinski definition) is 1. The van der Waals surface area contributed by atoms with E-state index in [-0.39, 0.29) is 0 Å². The van der Waals surface area contributed by atoms with Gasteiger partial charge in [-0.15, -0.1) is 6.42 Å². The highest BCUT2D eigenvalue weighted by Gasteiger charge is 1.93. The van der Waals surface area contributed by atoms with Gasteiger partial charge in [0.15, 0.2) is 0 Å². The fourth-order valence-electron chi connectivity index (χ4n) is 1.48. The van der Waals surface area contributed by atoms with Gasteiger partial charge in [-0.3, -0.25) is 0 Å². The summed E-state index contributed by atoms with van der Waals surface area (Å²) in [4.78, 5) is 0. The van der Waals surface area contributed by atoms with Crippen molar-refractivity contribution in [1.82, 2.24) is 0 Å². The maximum atomic E-state index is 5.29. The van der Waals surface area contributed by atoms with Gasteiger partial charge in [0, 0.05) is 17.8 Å². The second-order valence-corrected chi connectivity index (χ2v) is 3.56. The molecule has 0 radical (unpaired) electrons. The molecular formula is C15H13N. The number of rotatable bonds is 3. The highest BCUT2D eigenvalue weighted by Crippen LogP contribution is 2.10. The predicted octanol–water partition coefficient (Wildman–Crippen LogP) is 3.28. The quantitative estimate of drug-likeness (QED) is 0.762. The van der Waals surface area contributed by atoms with Crippen LogP contribution in [0.3, 0.4) is 0 Å². The minimum atomic E-state index is 0.830. The van der Waals surface area contributed by atoms with Crippen LogP contribution in [0, 0.1) is 12.3 Å². The smallest absolute Gasteiger partial charge is 0.0400 e. The minimum Gasteiger partial charge on any atom is -0.381 e. The van der Waals surface area contributed by atoms with E-state index in [1.807, 2.05) is 42.5 Å². The van der Waals surface area contributed by atoms with Crippen LogP contribution in [-0.2, 0) is 6.54 Å². The molecule has 2 aromatic carbocycles. The van der Waals surface area contributed by atoms with Crippen LogP contribution in [0.1, 0.15) is 11.1 Å². The van der Waals surface area contributed by atoms with Gasteiger partial charge < -0.3 is 5.32 Å². The summed E-state index contributed by atoms with van der Waals surface area (Å²) in [6.07, 6.45) is 5.29. The van der Waals surface area contributed by atoms with E-state index in [0.29, 0.717) is 0 Å². The summed E-state index contributed by atoms with van der Waals surface area (Å²) < 4.78 is 0. The van der Waals surface area contributed by atoms with E-state index in [2.05, 4.69) is 23.4 Å². The van der Waals surface area contributed by atoms with Crippen molar-refractivity contribution in [3.8, 4) is 12.3 Å². The fraction of sp³-hybridized carbons (Fsp3) is 0.0667. The Morgan fingerprint density at radius 3 is 2.25 bits per heavy atom. The van der Waals surface area contributed by atoms with Crippen molar-refractivity contribution >= 4 is 5.69 Å². The molecule has 0 saturated carbocycles. The first kappa shape index (κ1) is 10.3. The van der Waals surface area contributed by atoms with Crippen LogP contribution >= 0.6 is 0 Å². The maximum absolute atomic E-state index is 5.29. The van der Waals surface area contributed by atoms with E-state index >= 15 is 0 Å². The molecule has 0 aliphatic rings. The average Bonchev–Trinajstić information content (AvgIpc) is 2.38. The van der Waals surface area contributed by atoms with E-state index in [0.717, 1.165) is 17.8 Å². The van der Waals surface area contributed by atoms with Crippen molar-refractivity contribution in [2.24, 2.45) is 0 Å². The van der Waals surface area contributed by atoms with Crippen LogP contribution in [0.4, 0.5) is 5.69 Å². The van der Waals surface area contributed by atoms with E-state index in [1.165, 1.54) is 5.56 Å². The molecular weight excluding hydrogens is 194 g/mol. The molecule has 16 heavy (non-hydrogen) atoms. The van der Waals surface area contributed by atoms with Crippen molar-refractivity contribution in [1.29, 1.82) is 0 Å². The van der Waals surface area contributed by atoms with E-state index < -0.39 is 0 Å². The molecule has 0 aliphatic heterocycles. The molecule has 1 heteroatoms. The lowest BCUT2D eigenvalue weighted by Gasteiger charge is -2.06. The summed E-state index contributed by atoms with van der Waals surface area (Å²) in [7, 11) is 0. The molecule has 0 heterocycles. The fourth-order valence-corrected chi connectivity index (χ4v) is 1.48. The van der Waals surface area contributed by atoms with Gasteiger partial charge in [0.2, 0.25) is 0 Å². The molecule has 2 rings (SSSR count). The van der Waals surface area contributed by atoms with Crippen molar-refractivity contribution in [2.45, 2.75) is 6.54 Å². The van der Waals surface area contributed by atoms with Crippen LogP contribution in [0.25, 0.3) is 0 Å². The van der Waals surface area contributed by atoms with Crippen LogP contribution in [0.2, 0.25) is 0 Å². The molecule has 0 aromatic heterocycles. The SMILES string of the molecule is C#Cc1ccc(NCc2ccccc2)cc1. The Hall–Kier alpha value is -2.20. The maximum Gasteiger partial charge on any atom is 0.0400 e. The lowest BCUT2D eigenvalue weighted by atomic mass is 10.2. The molecule has 0 unspecified atom stereocenters. The number of hydrogen-bond acceptors (Lipinski definition) is 1. The molecule has 0 fully saturated rings. The molecule has 0 spiro atoms. The van der Waals surface area contributed by atoms with Crippen molar-refractivity contribution in [2.75, 3.05) is 5.32 Å². The molecule has 2 aromatic rings. The molecule has 0 saturated heterocycles. The second kappa shape index (κ2) is 5.04.